The summed E-state index contributed by atoms with van der Waals surface area (Å²) in [6, 6.07) is 91.4. The fourth-order valence-electron chi connectivity index (χ4n) is 10.0. The van der Waals surface area contributed by atoms with Crippen molar-refractivity contribution in [1.82, 2.24) is 0 Å². The van der Waals surface area contributed by atoms with Gasteiger partial charge in [-0.25, -0.2) is 0 Å². The standard InChI is InChI=1S/C64H41NS2/c1-3-13-42(14-4-1)43-27-29-45(30-28-43)50-35-37-60-57(40-50)56-24-11-25-59(64(56)67-60)65(52-36-38-61-58(41-52)63-55(23-12-26-62(63)66-61)47-15-5-2-6-16-47)51-20-9-19-49(39-51)44-31-33-48(34-32-44)54-22-10-18-46-17-7-8-21-53(46)54/h1-41H. The van der Waals surface area contributed by atoms with Gasteiger partial charge < -0.3 is 4.90 Å². The summed E-state index contributed by atoms with van der Waals surface area (Å²) in [5.41, 5.74) is 15.6. The first-order chi connectivity index (χ1) is 33.2. The van der Waals surface area contributed by atoms with E-state index >= 15 is 0 Å². The Kier molecular flexibility index (Phi) is 9.63. The van der Waals surface area contributed by atoms with Gasteiger partial charge in [-0.2, -0.15) is 0 Å². The number of anilines is 3. The Hall–Kier alpha value is -8.08. The molecule has 0 amide bonds. The van der Waals surface area contributed by atoms with Crippen molar-refractivity contribution in [3.63, 3.8) is 0 Å². The van der Waals surface area contributed by atoms with Crippen LogP contribution in [0.4, 0.5) is 17.1 Å². The van der Waals surface area contributed by atoms with Crippen LogP contribution in [-0.2, 0) is 0 Å². The lowest BCUT2D eigenvalue weighted by atomic mass is 9.96. The van der Waals surface area contributed by atoms with Crippen LogP contribution in [0.5, 0.6) is 0 Å². The maximum Gasteiger partial charge on any atom is 0.0640 e. The fourth-order valence-corrected chi connectivity index (χ4v) is 12.3. The van der Waals surface area contributed by atoms with Crippen LogP contribution in [0.25, 0.3) is 107 Å². The van der Waals surface area contributed by atoms with Crippen LogP contribution in [0.3, 0.4) is 0 Å². The van der Waals surface area contributed by atoms with E-state index in [0.717, 1.165) is 17.1 Å². The van der Waals surface area contributed by atoms with Crippen LogP contribution in [0.15, 0.2) is 249 Å². The first-order valence-electron chi connectivity index (χ1n) is 22.8. The molecular weight excluding hydrogens is 847 g/mol. The highest BCUT2D eigenvalue weighted by molar-refractivity contribution is 7.26. The van der Waals surface area contributed by atoms with Crippen LogP contribution in [0, 0.1) is 0 Å². The molecule has 0 saturated heterocycles. The Morgan fingerprint density at radius 3 is 1.60 bits per heavy atom. The first-order valence-corrected chi connectivity index (χ1v) is 24.4. The van der Waals surface area contributed by atoms with Gasteiger partial charge in [0.1, 0.15) is 0 Å². The third kappa shape index (κ3) is 6.99. The second-order valence-electron chi connectivity index (χ2n) is 17.2. The monoisotopic (exact) mass is 887 g/mol. The molecule has 0 aliphatic rings. The van der Waals surface area contributed by atoms with Gasteiger partial charge in [-0.15, -0.1) is 22.7 Å². The minimum absolute atomic E-state index is 1.11. The van der Waals surface area contributed by atoms with E-state index in [9.17, 15) is 0 Å². The molecule has 0 radical (unpaired) electrons. The van der Waals surface area contributed by atoms with Crippen molar-refractivity contribution >= 4 is 90.9 Å². The van der Waals surface area contributed by atoms with Crippen molar-refractivity contribution in [2.45, 2.75) is 0 Å². The van der Waals surface area contributed by atoms with Crippen molar-refractivity contribution < 1.29 is 0 Å². The minimum atomic E-state index is 1.11. The molecule has 3 heteroatoms. The van der Waals surface area contributed by atoms with Gasteiger partial charge >= 0.3 is 0 Å². The summed E-state index contributed by atoms with van der Waals surface area (Å²) < 4.78 is 5.12. The van der Waals surface area contributed by atoms with E-state index in [1.807, 2.05) is 22.7 Å². The third-order valence-electron chi connectivity index (χ3n) is 13.3. The average molecular weight is 888 g/mol. The van der Waals surface area contributed by atoms with Gasteiger partial charge in [0, 0.05) is 47.0 Å². The van der Waals surface area contributed by atoms with Crippen LogP contribution < -0.4 is 4.90 Å². The zero-order valence-electron chi connectivity index (χ0n) is 36.4. The van der Waals surface area contributed by atoms with Crippen LogP contribution >= 0.6 is 22.7 Å². The molecule has 0 aliphatic heterocycles. The highest BCUT2D eigenvalue weighted by atomic mass is 32.1. The average Bonchev–Trinajstić information content (AvgIpc) is 3.98. The lowest BCUT2D eigenvalue weighted by Gasteiger charge is -2.27. The van der Waals surface area contributed by atoms with E-state index in [1.54, 1.807) is 0 Å². The van der Waals surface area contributed by atoms with E-state index < -0.39 is 0 Å². The van der Waals surface area contributed by atoms with Gasteiger partial charge in [0.15, 0.2) is 0 Å². The summed E-state index contributed by atoms with van der Waals surface area (Å²) in [6.07, 6.45) is 0. The van der Waals surface area contributed by atoms with Crippen molar-refractivity contribution in [2.24, 2.45) is 0 Å². The molecule has 314 valence electrons. The number of hydrogen-bond acceptors (Lipinski definition) is 3. The van der Waals surface area contributed by atoms with E-state index in [4.69, 9.17) is 0 Å². The Morgan fingerprint density at radius 1 is 0.269 bits per heavy atom. The maximum absolute atomic E-state index is 2.49. The number of benzene rings is 11. The minimum Gasteiger partial charge on any atom is -0.309 e. The van der Waals surface area contributed by atoms with Crippen LogP contribution in [0.2, 0.25) is 0 Å². The lowest BCUT2D eigenvalue weighted by Crippen LogP contribution is -2.10. The molecular formula is C64H41NS2. The zero-order chi connectivity index (χ0) is 44.3. The molecule has 13 aromatic rings. The number of thiophene rings is 2. The van der Waals surface area contributed by atoms with Gasteiger partial charge in [0.05, 0.1) is 10.4 Å². The Morgan fingerprint density at radius 2 is 0.791 bits per heavy atom. The molecule has 0 bridgehead atoms. The summed E-state index contributed by atoms with van der Waals surface area (Å²) in [5, 5.41) is 7.64. The highest BCUT2D eigenvalue weighted by Gasteiger charge is 2.21. The molecule has 2 aromatic heterocycles. The van der Waals surface area contributed by atoms with Crippen LogP contribution in [-0.4, -0.2) is 0 Å². The lowest BCUT2D eigenvalue weighted by molar-refractivity contribution is 1.31. The smallest absolute Gasteiger partial charge is 0.0640 e. The molecule has 11 aromatic carbocycles. The molecule has 0 aliphatic carbocycles. The predicted molar refractivity (Wildman–Crippen MR) is 292 cm³/mol. The van der Waals surface area contributed by atoms with Gasteiger partial charge in [-0.05, 0) is 121 Å². The largest absolute Gasteiger partial charge is 0.309 e. The predicted octanol–water partition coefficient (Wildman–Crippen LogP) is 19.4. The molecule has 0 fully saturated rings. The second kappa shape index (κ2) is 16.4. The van der Waals surface area contributed by atoms with Gasteiger partial charge in [0.2, 0.25) is 0 Å². The normalized spacial score (nSPS) is 11.6. The van der Waals surface area contributed by atoms with Crippen LogP contribution in [0.1, 0.15) is 0 Å². The molecule has 0 unspecified atom stereocenters. The highest BCUT2D eigenvalue weighted by Crippen LogP contribution is 2.48. The summed E-state index contributed by atoms with van der Waals surface area (Å²) in [7, 11) is 0. The molecule has 1 nitrogen and oxygen atoms in total. The molecule has 0 atom stereocenters. The summed E-state index contributed by atoms with van der Waals surface area (Å²) >= 11 is 3.75. The van der Waals surface area contributed by atoms with E-state index in [-0.39, 0.29) is 0 Å². The van der Waals surface area contributed by atoms with Gasteiger partial charge in [-0.3, -0.25) is 0 Å². The van der Waals surface area contributed by atoms with E-state index in [0.29, 0.717) is 0 Å². The quantitative estimate of drug-likeness (QED) is 0.147. The second-order valence-corrected chi connectivity index (χ2v) is 19.4. The SMILES string of the molecule is c1ccc(-c2ccc(-c3ccc4sc5c(N(c6cccc(-c7ccc(-c8cccc9ccccc89)cc7)c6)c6ccc7sc8cccc(-c9ccccc9)c8c7c6)cccc5c4c3)cc2)cc1. The van der Waals surface area contributed by atoms with E-state index in [2.05, 4.69) is 254 Å². The summed E-state index contributed by atoms with van der Waals surface area (Å²) in [4.78, 5) is 2.49. The Labute approximate surface area is 397 Å². The van der Waals surface area contributed by atoms with Gasteiger partial charge in [0.25, 0.3) is 0 Å². The molecule has 2 heterocycles. The van der Waals surface area contributed by atoms with Crippen molar-refractivity contribution in [3.05, 3.63) is 249 Å². The zero-order valence-corrected chi connectivity index (χ0v) is 38.1. The molecule has 13 rings (SSSR count). The van der Waals surface area contributed by atoms with Crippen molar-refractivity contribution in [2.75, 3.05) is 4.90 Å². The first kappa shape index (κ1) is 39.3. The van der Waals surface area contributed by atoms with Gasteiger partial charge in [-0.1, -0.05) is 194 Å². The Bertz CT molecular complexity index is 3950. The number of hydrogen-bond donors (Lipinski definition) is 0. The number of nitrogens with zero attached hydrogens (tertiary/aromatic N) is 1. The maximum atomic E-state index is 2.49. The molecule has 0 saturated carbocycles. The molecule has 0 spiro atoms. The number of rotatable bonds is 8. The summed E-state index contributed by atoms with van der Waals surface area (Å²) in [6.45, 7) is 0. The third-order valence-corrected chi connectivity index (χ3v) is 15.6. The van der Waals surface area contributed by atoms with E-state index in [1.165, 1.54) is 107 Å². The van der Waals surface area contributed by atoms with Crippen molar-refractivity contribution in [3.8, 4) is 55.6 Å². The topological polar surface area (TPSA) is 3.24 Å². The fraction of sp³-hybridized carbons (Fsp3) is 0. The molecule has 0 N–H and O–H groups in total. The summed E-state index contributed by atoms with van der Waals surface area (Å²) in [5.74, 6) is 0. The van der Waals surface area contributed by atoms with Crippen molar-refractivity contribution in [1.29, 1.82) is 0 Å². The molecule has 67 heavy (non-hydrogen) atoms. The number of fused-ring (bicyclic) bond motifs is 7. The Balaban J connectivity index is 0.958.